The Bertz CT molecular complexity index is 967. The molecule has 2 aromatic heterocycles. The predicted molar refractivity (Wildman–Crippen MR) is 97.3 cm³/mol. The van der Waals surface area contributed by atoms with Crippen LogP contribution in [0.3, 0.4) is 0 Å². The second kappa shape index (κ2) is 6.49. The lowest BCUT2D eigenvalue weighted by Crippen LogP contribution is -2.52. The number of rotatable bonds is 3. The maximum atomic E-state index is 13.4. The highest BCUT2D eigenvalue weighted by atomic mass is 35.5. The first-order chi connectivity index (χ1) is 12.5. The lowest BCUT2D eigenvalue weighted by atomic mass is 10.1. The van der Waals surface area contributed by atoms with Crippen molar-refractivity contribution in [3.05, 3.63) is 53.6 Å². The first-order valence-corrected chi connectivity index (χ1v) is 8.44. The molecule has 3 heterocycles. The molecule has 0 bridgehead atoms. The van der Waals surface area contributed by atoms with Crippen molar-refractivity contribution in [1.29, 1.82) is 0 Å². The molecule has 26 heavy (non-hydrogen) atoms. The van der Waals surface area contributed by atoms with Crippen molar-refractivity contribution in [3.63, 3.8) is 0 Å². The van der Waals surface area contributed by atoms with Crippen LogP contribution in [0, 0.1) is 5.82 Å². The molecule has 1 aliphatic rings. The topological polar surface area (TPSA) is 59.4 Å². The average molecular weight is 375 g/mol. The first kappa shape index (κ1) is 16.7. The number of amides is 2. The molecule has 0 spiro atoms. The Labute approximate surface area is 154 Å². The molecule has 0 unspecified atom stereocenters. The second-order valence-electron chi connectivity index (χ2n) is 6.12. The fourth-order valence-electron chi connectivity index (χ4n) is 3.06. The average Bonchev–Trinajstić information content (AvgIpc) is 2.90. The largest absolute Gasteiger partial charge is 0.481 e. The van der Waals surface area contributed by atoms with E-state index in [-0.39, 0.29) is 17.9 Å². The number of halogens is 2. The van der Waals surface area contributed by atoms with Gasteiger partial charge in [-0.1, -0.05) is 11.6 Å². The van der Waals surface area contributed by atoms with Crippen LogP contribution in [0.1, 0.15) is 6.04 Å². The molecule has 3 aromatic rings. The highest BCUT2D eigenvalue weighted by Crippen LogP contribution is 2.32. The summed E-state index contributed by atoms with van der Waals surface area (Å²) in [7, 11) is 1.53. The molecule has 0 atom stereocenters. The number of urea groups is 1. The number of anilines is 1. The summed E-state index contributed by atoms with van der Waals surface area (Å²) in [6.45, 7) is 1.10. The first-order valence-electron chi connectivity index (χ1n) is 8.06. The minimum Gasteiger partial charge on any atom is -0.481 e. The third-order valence-corrected chi connectivity index (χ3v) is 4.79. The monoisotopic (exact) mass is 374 g/mol. The van der Waals surface area contributed by atoms with Gasteiger partial charge in [0, 0.05) is 30.7 Å². The molecule has 1 aliphatic heterocycles. The number of nitrogens with one attached hydrogen (secondary N) is 1. The van der Waals surface area contributed by atoms with Gasteiger partial charge in [-0.15, -0.1) is 0 Å². The number of likely N-dealkylation sites (tertiary alicyclic amines) is 1. The molecule has 0 radical (unpaired) electrons. The zero-order valence-corrected chi connectivity index (χ0v) is 14.7. The summed E-state index contributed by atoms with van der Waals surface area (Å²) in [5.74, 6) is 0.166. The van der Waals surface area contributed by atoms with Gasteiger partial charge in [0.05, 0.1) is 35.6 Å². The van der Waals surface area contributed by atoms with Crippen LogP contribution in [-0.2, 0) is 0 Å². The van der Waals surface area contributed by atoms with Gasteiger partial charge in [0.25, 0.3) is 0 Å². The van der Waals surface area contributed by atoms with Crippen molar-refractivity contribution in [1.82, 2.24) is 14.5 Å². The Balaban J connectivity index is 1.42. The van der Waals surface area contributed by atoms with Gasteiger partial charge >= 0.3 is 6.03 Å². The summed E-state index contributed by atoms with van der Waals surface area (Å²) >= 11 is 6.21. The van der Waals surface area contributed by atoms with Crippen LogP contribution in [0.25, 0.3) is 10.9 Å². The zero-order chi connectivity index (χ0) is 18.3. The van der Waals surface area contributed by atoms with E-state index in [0.717, 1.165) is 5.52 Å². The number of carbonyl (C=O) groups is 1. The Morgan fingerprint density at radius 2 is 2.15 bits per heavy atom. The van der Waals surface area contributed by atoms with Crippen LogP contribution in [0.4, 0.5) is 14.9 Å². The molecule has 8 heteroatoms. The highest BCUT2D eigenvalue weighted by Gasteiger charge is 2.33. The summed E-state index contributed by atoms with van der Waals surface area (Å²) < 4.78 is 20.4. The predicted octanol–water partition coefficient (Wildman–Crippen LogP) is 3.93. The Hall–Kier alpha value is -2.80. The van der Waals surface area contributed by atoms with Gasteiger partial charge in [-0.05, 0) is 24.3 Å². The molecular weight excluding hydrogens is 359 g/mol. The molecule has 0 aliphatic carbocycles. The molecule has 6 nitrogen and oxygen atoms in total. The summed E-state index contributed by atoms with van der Waals surface area (Å²) in [6.07, 6.45) is 3.33. The number of aromatic nitrogens is 2. The van der Waals surface area contributed by atoms with Gasteiger partial charge < -0.3 is 19.5 Å². The second-order valence-corrected chi connectivity index (χ2v) is 6.53. The number of fused-ring (bicyclic) bond motifs is 1. The summed E-state index contributed by atoms with van der Waals surface area (Å²) in [5.41, 5.74) is 1.46. The number of hydrogen-bond donors (Lipinski definition) is 1. The van der Waals surface area contributed by atoms with Crippen molar-refractivity contribution in [2.24, 2.45) is 0 Å². The number of hydrogen-bond acceptors (Lipinski definition) is 3. The fraction of sp³-hybridized carbons (Fsp3) is 0.222. The minimum absolute atomic E-state index is 0.107. The van der Waals surface area contributed by atoms with Gasteiger partial charge in [0.1, 0.15) is 5.82 Å². The van der Waals surface area contributed by atoms with E-state index in [9.17, 15) is 9.18 Å². The van der Waals surface area contributed by atoms with Gasteiger partial charge in [-0.25, -0.2) is 14.2 Å². The maximum absolute atomic E-state index is 13.4. The number of pyridine rings is 1. The van der Waals surface area contributed by atoms with Gasteiger partial charge in [0.15, 0.2) is 0 Å². The van der Waals surface area contributed by atoms with Crippen LogP contribution < -0.4 is 10.1 Å². The summed E-state index contributed by atoms with van der Waals surface area (Å²) in [5, 5.41) is 3.99. The number of methoxy groups -OCH3 is 1. The van der Waals surface area contributed by atoms with E-state index in [1.54, 1.807) is 35.5 Å². The van der Waals surface area contributed by atoms with Crippen molar-refractivity contribution in [2.45, 2.75) is 6.04 Å². The third kappa shape index (κ3) is 2.94. The Morgan fingerprint density at radius 3 is 2.85 bits per heavy atom. The van der Waals surface area contributed by atoms with E-state index in [1.165, 1.54) is 19.2 Å². The lowest BCUT2D eigenvalue weighted by Gasteiger charge is -2.40. The molecule has 1 fully saturated rings. The van der Waals surface area contributed by atoms with E-state index in [2.05, 4.69) is 10.3 Å². The quantitative estimate of drug-likeness (QED) is 0.755. The number of benzene rings is 1. The van der Waals surface area contributed by atoms with Crippen LogP contribution >= 0.6 is 11.6 Å². The van der Waals surface area contributed by atoms with Crippen molar-refractivity contribution < 1.29 is 13.9 Å². The van der Waals surface area contributed by atoms with E-state index in [0.29, 0.717) is 35.1 Å². The van der Waals surface area contributed by atoms with Crippen LogP contribution in [0.2, 0.25) is 5.02 Å². The Kier molecular flexibility index (Phi) is 4.16. The van der Waals surface area contributed by atoms with Crippen LogP contribution in [0.15, 0.2) is 42.7 Å². The lowest BCUT2D eigenvalue weighted by molar-refractivity contribution is 0.137. The Morgan fingerprint density at radius 1 is 1.35 bits per heavy atom. The fourth-order valence-corrected chi connectivity index (χ4v) is 3.32. The van der Waals surface area contributed by atoms with E-state index < -0.39 is 0 Å². The van der Waals surface area contributed by atoms with Gasteiger partial charge in [-0.3, -0.25) is 0 Å². The molecule has 1 aromatic carbocycles. The molecule has 4 rings (SSSR count). The smallest absolute Gasteiger partial charge is 0.322 e. The SMILES string of the molecule is COc1ccc(NC(=O)N2CC(n3cc(Cl)c4cc(F)ccc43)C2)cn1. The number of ether oxygens (including phenoxy) is 1. The molecule has 2 amide bonds. The van der Waals surface area contributed by atoms with Crippen molar-refractivity contribution in [3.8, 4) is 5.88 Å². The normalized spacial score (nSPS) is 14.3. The standard InChI is InChI=1S/C18H16ClFN4O2/c1-26-17-5-3-12(7-21-17)22-18(25)23-8-13(9-23)24-10-15(19)14-6-11(20)2-4-16(14)24/h2-7,10,13H,8-9H2,1H3,(H,22,25). The van der Waals surface area contributed by atoms with Gasteiger partial charge in [-0.2, -0.15) is 0 Å². The zero-order valence-electron chi connectivity index (χ0n) is 13.9. The molecule has 134 valence electrons. The molecular formula is C18H16ClFN4O2. The van der Waals surface area contributed by atoms with E-state index in [4.69, 9.17) is 16.3 Å². The third-order valence-electron chi connectivity index (χ3n) is 4.49. The summed E-state index contributed by atoms with van der Waals surface area (Å²) in [6, 6.07) is 7.87. The van der Waals surface area contributed by atoms with Crippen LogP contribution in [-0.4, -0.2) is 40.7 Å². The minimum atomic E-state index is -0.320. The highest BCUT2D eigenvalue weighted by molar-refractivity contribution is 6.35. The van der Waals surface area contributed by atoms with E-state index in [1.807, 2.05) is 4.57 Å². The van der Waals surface area contributed by atoms with Crippen molar-refractivity contribution in [2.75, 3.05) is 25.5 Å². The maximum Gasteiger partial charge on any atom is 0.322 e. The van der Waals surface area contributed by atoms with Gasteiger partial charge in [0.2, 0.25) is 5.88 Å². The number of nitrogens with zero attached hydrogens (tertiary/aromatic N) is 3. The molecule has 0 saturated carbocycles. The van der Waals surface area contributed by atoms with E-state index >= 15 is 0 Å². The number of carbonyl (C=O) groups excluding carboxylic acids is 1. The molecule has 1 saturated heterocycles. The summed E-state index contributed by atoms with van der Waals surface area (Å²) in [4.78, 5) is 18.1. The molecule has 1 N–H and O–H groups in total. The van der Waals surface area contributed by atoms with Crippen LogP contribution in [0.5, 0.6) is 5.88 Å². The van der Waals surface area contributed by atoms with Crippen molar-refractivity contribution >= 4 is 34.2 Å².